The quantitative estimate of drug-likeness (QED) is 0.736. The number of thiazole rings is 1. The van der Waals surface area contributed by atoms with Crippen LogP contribution in [0.4, 0.5) is 0 Å². The smallest absolute Gasteiger partial charge is 0.228 e. The van der Waals surface area contributed by atoms with E-state index in [1.54, 1.807) is 24.4 Å². The van der Waals surface area contributed by atoms with Crippen molar-refractivity contribution < 1.29 is 9.53 Å². The first-order valence-corrected chi connectivity index (χ1v) is 7.66. The zero-order valence-electron chi connectivity index (χ0n) is 12.3. The molecule has 6 heteroatoms. The van der Waals surface area contributed by atoms with E-state index in [1.807, 2.05) is 24.6 Å². The summed E-state index contributed by atoms with van der Waals surface area (Å²) in [6.07, 6.45) is 4.69. The number of aromatic nitrogens is 2. The summed E-state index contributed by atoms with van der Waals surface area (Å²) in [7, 11) is 3.48. The van der Waals surface area contributed by atoms with Crippen molar-refractivity contribution in [2.24, 2.45) is 0 Å². The minimum Gasteiger partial charge on any atom is -0.385 e. The van der Waals surface area contributed by atoms with Crippen molar-refractivity contribution in [2.75, 3.05) is 27.3 Å². The lowest BCUT2D eigenvalue weighted by Gasteiger charge is -2.16. The van der Waals surface area contributed by atoms with Gasteiger partial charge in [0.25, 0.3) is 0 Å². The number of likely N-dealkylation sites (N-methyl/N-ethyl adjacent to an activating group) is 1. The van der Waals surface area contributed by atoms with Crippen molar-refractivity contribution in [2.45, 2.75) is 12.8 Å². The van der Waals surface area contributed by atoms with E-state index in [-0.39, 0.29) is 5.91 Å². The van der Waals surface area contributed by atoms with Crippen molar-refractivity contribution >= 4 is 17.2 Å². The fraction of sp³-hybridized carbons (Fsp3) is 0.400. The van der Waals surface area contributed by atoms with Gasteiger partial charge in [0.15, 0.2) is 0 Å². The topological polar surface area (TPSA) is 55.3 Å². The second-order valence-electron chi connectivity index (χ2n) is 4.72. The van der Waals surface area contributed by atoms with Crippen LogP contribution in [0.15, 0.2) is 29.9 Å². The number of carbonyl (C=O) groups excluding carboxylic acids is 1. The van der Waals surface area contributed by atoms with Gasteiger partial charge in [0.2, 0.25) is 5.91 Å². The molecule has 0 bridgehead atoms. The van der Waals surface area contributed by atoms with Crippen LogP contribution in [0.1, 0.15) is 12.1 Å². The monoisotopic (exact) mass is 305 g/mol. The summed E-state index contributed by atoms with van der Waals surface area (Å²) in [5, 5.41) is 2.83. The molecule has 0 spiro atoms. The molecule has 2 rings (SSSR count). The molecule has 21 heavy (non-hydrogen) atoms. The van der Waals surface area contributed by atoms with Crippen LogP contribution >= 0.6 is 11.3 Å². The van der Waals surface area contributed by atoms with Crippen LogP contribution in [0.2, 0.25) is 0 Å². The molecule has 1 amide bonds. The molecule has 112 valence electrons. The van der Waals surface area contributed by atoms with E-state index in [9.17, 15) is 4.79 Å². The third-order valence-electron chi connectivity index (χ3n) is 3.06. The van der Waals surface area contributed by atoms with Gasteiger partial charge in [0, 0.05) is 50.6 Å². The molecule has 0 saturated heterocycles. The van der Waals surface area contributed by atoms with Crippen LogP contribution in [0, 0.1) is 0 Å². The van der Waals surface area contributed by atoms with Gasteiger partial charge < -0.3 is 9.64 Å². The molecule has 0 aliphatic rings. The van der Waals surface area contributed by atoms with Gasteiger partial charge in [-0.1, -0.05) is 0 Å². The number of pyridine rings is 1. The van der Waals surface area contributed by atoms with E-state index in [0.29, 0.717) is 19.6 Å². The lowest BCUT2D eigenvalue weighted by Crippen LogP contribution is -2.29. The van der Waals surface area contributed by atoms with Crippen molar-refractivity contribution in [3.05, 3.63) is 35.6 Å². The minimum atomic E-state index is 0.0779. The van der Waals surface area contributed by atoms with Crippen LogP contribution in [0.3, 0.4) is 0 Å². The molecule has 0 fully saturated rings. The Morgan fingerprint density at radius 1 is 1.48 bits per heavy atom. The highest BCUT2D eigenvalue weighted by Crippen LogP contribution is 2.22. The fourth-order valence-electron chi connectivity index (χ4n) is 1.87. The normalized spacial score (nSPS) is 10.6. The summed E-state index contributed by atoms with van der Waals surface area (Å²) >= 11 is 1.54. The molecule has 5 nitrogen and oxygen atoms in total. The molecule has 0 unspecified atom stereocenters. The number of carbonyl (C=O) groups is 1. The largest absolute Gasteiger partial charge is 0.385 e. The average molecular weight is 305 g/mol. The maximum Gasteiger partial charge on any atom is 0.228 e. The zero-order valence-corrected chi connectivity index (χ0v) is 13.1. The first-order chi connectivity index (χ1) is 10.2. The Kier molecular flexibility index (Phi) is 5.83. The summed E-state index contributed by atoms with van der Waals surface area (Å²) < 4.78 is 4.99. The molecule has 0 aliphatic carbocycles. The Bertz CT molecular complexity index is 571. The van der Waals surface area contributed by atoms with Crippen molar-refractivity contribution in [1.29, 1.82) is 0 Å². The number of nitrogens with zero attached hydrogens (tertiary/aromatic N) is 3. The van der Waals surface area contributed by atoms with Crippen LogP contribution in [0.5, 0.6) is 0 Å². The number of methoxy groups -OCH3 is 1. The Hall–Kier alpha value is -1.79. The average Bonchev–Trinajstić information content (AvgIpc) is 2.97. The SMILES string of the molecule is COCCCN(C)C(=O)Cc1csc(-c2cccnc2)n1. The summed E-state index contributed by atoms with van der Waals surface area (Å²) in [4.78, 5) is 22.4. The zero-order chi connectivity index (χ0) is 15.1. The molecular weight excluding hydrogens is 286 g/mol. The van der Waals surface area contributed by atoms with Crippen LogP contribution in [-0.2, 0) is 16.0 Å². The summed E-state index contributed by atoms with van der Waals surface area (Å²) in [6, 6.07) is 3.85. The first-order valence-electron chi connectivity index (χ1n) is 6.78. The van der Waals surface area contributed by atoms with Gasteiger partial charge in [-0.05, 0) is 18.6 Å². The lowest BCUT2D eigenvalue weighted by molar-refractivity contribution is -0.129. The van der Waals surface area contributed by atoms with E-state index in [1.165, 1.54) is 11.3 Å². The molecule has 2 heterocycles. The lowest BCUT2D eigenvalue weighted by atomic mass is 10.3. The molecular formula is C15H19N3O2S. The van der Waals surface area contributed by atoms with E-state index >= 15 is 0 Å². The van der Waals surface area contributed by atoms with Gasteiger partial charge in [0.1, 0.15) is 5.01 Å². The van der Waals surface area contributed by atoms with E-state index in [2.05, 4.69) is 9.97 Å². The summed E-state index contributed by atoms with van der Waals surface area (Å²) in [5.41, 5.74) is 1.79. The Labute approximate surface area is 128 Å². The van der Waals surface area contributed by atoms with E-state index in [0.717, 1.165) is 22.7 Å². The Morgan fingerprint density at radius 2 is 2.33 bits per heavy atom. The van der Waals surface area contributed by atoms with Crippen LogP contribution in [-0.4, -0.2) is 48.1 Å². The standard InChI is InChI=1S/C15H19N3O2S/c1-18(7-4-8-20-2)14(19)9-13-11-21-15(17-13)12-5-3-6-16-10-12/h3,5-6,10-11H,4,7-9H2,1-2H3. The predicted octanol–water partition coefficient (Wildman–Crippen LogP) is 2.24. The molecule has 0 radical (unpaired) electrons. The second kappa shape index (κ2) is 7.85. The predicted molar refractivity (Wildman–Crippen MR) is 83.2 cm³/mol. The molecule has 0 N–H and O–H groups in total. The van der Waals surface area contributed by atoms with Crippen LogP contribution < -0.4 is 0 Å². The van der Waals surface area contributed by atoms with E-state index in [4.69, 9.17) is 4.74 Å². The second-order valence-corrected chi connectivity index (χ2v) is 5.58. The summed E-state index contributed by atoms with van der Waals surface area (Å²) in [6.45, 7) is 1.37. The van der Waals surface area contributed by atoms with Gasteiger partial charge in [-0.25, -0.2) is 4.98 Å². The molecule has 0 aromatic carbocycles. The third-order valence-corrected chi connectivity index (χ3v) is 4.00. The highest BCUT2D eigenvalue weighted by molar-refractivity contribution is 7.13. The Balaban J connectivity index is 1.92. The van der Waals surface area contributed by atoms with Crippen molar-refractivity contribution in [3.63, 3.8) is 0 Å². The maximum absolute atomic E-state index is 12.1. The molecule has 2 aromatic heterocycles. The van der Waals surface area contributed by atoms with Gasteiger partial charge in [-0.15, -0.1) is 11.3 Å². The number of rotatable bonds is 7. The number of ether oxygens (including phenoxy) is 1. The molecule has 0 atom stereocenters. The maximum atomic E-state index is 12.1. The fourth-order valence-corrected chi connectivity index (χ4v) is 2.68. The van der Waals surface area contributed by atoms with Gasteiger partial charge in [0.05, 0.1) is 12.1 Å². The van der Waals surface area contributed by atoms with Gasteiger partial charge in [-0.3, -0.25) is 9.78 Å². The van der Waals surface area contributed by atoms with Crippen LogP contribution in [0.25, 0.3) is 10.6 Å². The third kappa shape index (κ3) is 4.61. The number of hydrogen-bond acceptors (Lipinski definition) is 5. The molecule has 2 aromatic rings. The highest BCUT2D eigenvalue weighted by Gasteiger charge is 2.12. The van der Waals surface area contributed by atoms with Gasteiger partial charge in [-0.2, -0.15) is 0 Å². The van der Waals surface area contributed by atoms with Crippen molar-refractivity contribution in [1.82, 2.24) is 14.9 Å². The minimum absolute atomic E-state index is 0.0779. The molecule has 0 saturated carbocycles. The van der Waals surface area contributed by atoms with Crippen molar-refractivity contribution in [3.8, 4) is 10.6 Å². The van der Waals surface area contributed by atoms with Gasteiger partial charge >= 0.3 is 0 Å². The number of amides is 1. The highest BCUT2D eigenvalue weighted by atomic mass is 32.1. The first kappa shape index (κ1) is 15.6. The molecule has 0 aliphatic heterocycles. The Morgan fingerprint density at radius 3 is 3.05 bits per heavy atom. The van der Waals surface area contributed by atoms with E-state index < -0.39 is 0 Å². The summed E-state index contributed by atoms with van der Waals surface area (Å²) in [5.74, 6) is 0.0779. The number of hydrogen-bond donors (Lipinski definition) is 0.